The van der Waals surface area contributed by atoms with Gasteiger partial charge in [-0.3, -0.25) is 14.5 Å². The van der Waals surface area contributed by atoms with Gasteiger partial charge in [-0.1, -0.05) is 31.0 Å². The number of carbonyl (C=O) groups is 2. The summed E-state index contributed by atoms with van der Waals surface area (Å²) in [6, 6.07) is 8.68. The fourth-order valence-electron chi connectivity index (χ4n) is 7.30. The Morgan fingerprint density at radius 3 is 2.54 bits per heavy atom. The van der Waals surface area contributed by atoms with Gasteiger partial charge in [0.15, 0.2) is 0 Å². The molecule has 1 aromatic rings. The zero-order valence-electron chi connectivity index (χ0n) is 24.0. The Bertz CT molecular complexity index is 939. The number of ether oxygens (including phenoxy) is 1. The molecule has 216 valence electrons. The highest BCUT2D eigenvalue weighted by molar-refractivity contribution is 5.83. The Hall–Kier alpha value is -2.12. The van der Waals surface area contributed by atoms with E-state index in [0.29, 0.717) is 31.6 Å². The highest BCUT2D eigenvalue weighted by atomic mass is 16.5. The van der Waals surface area contributed by atoms with Gasteiger partial charge in [-0.05, 0) is 108 Å². The van der Waals surface area contributed by atoms with Gasteiger partial charge in [-0.2, -0.15) is 0 Å². The normalized spacial score (nSPS) is 25.6. The molecular weight excluding hydrogens is 488 g/mol. The van der Waals surface area contributed by atoms with Gasteiger partial charge in [0.25, 0.3) is 0 Å². The van der Waals surface area contributed by atoms with Crippen LogP contribution in [0.5, 0.6) is 5.75 Å². The summed E-state index contributed by atoms with van der Waals surface area (Å²) in [4.78, 5) is 34.0. The molecule has 1 unspecified atom stereocenters. The number of rotatable bonds is 5. The zero-order valence-corrected chi connectivity index (χ0v) is 24.0. The minimum Gasteiger partial charge on any atom is -0.491 e. The van der Waals surface area contributed by atoms with Gasteiger partial charge in [-0.15, -0.1) is 0 Å². The Morgan fingerprint density at radius 2 is 1.69 bits per heavy atom. The third kappa shape index (κ3) is 7.55. The molecule has 7 nitrogen and oxygen atoms in total. The number of aryl methyl sites for hydroxylation is 1. The first-order chi connectivity index (χ1) is 19.1. The minimum atomic E-state index is -0.319. The number of nitrogens with zero attached hydrogens (tertiary/aromatic N) is 3. The topological polar surface area (TPSA) is 65.1 Å². The molecule has 0 saturated carbocycles. The van der Waals surface area contributed by atoms with E-state index < -0.39 is 0 Å². The van der Waals surface area contributed by atoms with Gasteiger partial charge in [0.05, 0.1) is 18.5 Å². The number of hydrogen-bond donors (Lipinski definition) is 1. The second-order valence-corrected chi connectivity index (χ2v) is 12.4. The lowest BCUT2D eigenvalue weighted by Crippen LogP contribution is -2.53. The van der Waals surface area contributed by atoms with Crippen molar-refractivity contribution in [2.45, 2.75) is 89.5 Å². The molecule has 1 atom stereocenters. The van der Waals surface area contributed by atoms with Crippen LogP contribution in [-0.4, -0.2) is 91.5 Å². The molecule has 0 aliphatic carbocycles. The predicted molar refractivity (Wildman–Crippen MR) is 155 cm³/mol. The van der Waals surface area contributed by atoms with Crippen molar-refractivity contribution in [3.8, 4) is 5.75 Å². The minimum absolute atomic E-state index is 0.180. The van der Waals surface area contributed by atoms with E-state index in [1.807, 2.05) is 12.1 Å². The van der Waals surface area contributed by atoms with Crippen LogP contribution in [0.25, 0.3) is 0 Å². The highest BCUT2D eigenvalue weighted by Gasteiger charge is 2.41. The molecule has 7 heteroatoms. The van der Waals surface area contributed by atoms with Crippen molar-refractivity contribution in [2.24, 2.45) is 5.41 Å². The molecule has 1 N–H and O–H groups in total. The molecule has 1 aromatic carbocycles. The first kappa shape index (κ1) is 28.4. The number of para-hydroxylation sites is 1. The number of hydrogen-bond acceptors (Lipinski definition) is 5. The fraction of sp³-hybridized carbons (Fsp3) is 0.750. The zero-order chi connectivity index (χ0) is 26.9. The second-order valence-electron chi connectivity index (χ2n) is 12.4. The molecule has 4 aliphatic heterocycles. The summed E-state index contributed by atoms with van der Waals surface area (Å²) in [7, 11) is 0. The van der Waals surface area contributed by atoms with Crippen LogP contribution in [0, 0.1) is 5.41 Å². The molecule has 3 saturated heterocycles. The summed E-state index contributed by atoms with van der Waals surface area (Å²) in [5.41, 5.74) is 0.944. The number of likely N-dealkylation sites (tertiary alicyclic amines) is 3. The van der Waals surface area contributed by atoms with Crippen LogP contribution in [0.1, 0.15) is 82.6 Å². The molecule has 4 aliphatic rings. The van der Waals surface area contributed by atoms with Gasteiger partial charge in [0.1, 0.15) is 12.4 Å². The lowest BCUT2D eigenvalue weighted by atomic mass is 9.73. The standard InChI is InChI=1S/C32H50N4O3/c37-30(36-21-9-5-12-28(36)14-22-34-19-7-1-8-20-34)26-35-23-16-32(17-24-35)15-6-4-11-27-10-2-3-13-29(27)39-25-18-33-31(32)38/h2-3,10,13,28H,1,4-9,11-12,14-26H2,(H,33,38). The first-order valence-corrected chi connectivity index (χ1v) is 15.9. The summed E-state index contributed by atoms with van der Waals surface area (Å²) in [5, 5.41) is 3.18. The van der Waals surface area contributed by atoms with Gasteiger partial charge in [0.2, 0.25) is 11.8 Å². The van der Waals surface area contributed by atoms with E-state index in [9.17, 15) is 9.59 Å². The second kappa shape index (κ2) is 14.0. The van der Waals surface area contributed by atoms with Crippen LogP contribution >= 0.6 is 0 Å². The predicted octanol–water partition coefficient (Wildman–Crippen LogP) is 4.25. The third-order valence-corrected chi connectivity index (χ3v) is 9.80. The van der Waals surface area contributed by atoms with Crippen molar-refractivity contribution in [3.63, 3.8) is 0 Å². The fourth-order valence-corrected chi connectivity index (χ4v) is 7.30. The largest absolute Gasteiger partial charge is 0.491 e. The van der Waals surface area contributed by atoms with Gasteiger partial charge < -0.3 is 19.9 Å². The maximum atomic E-state index is 13.5. The number of piperidine rings is 3. The Kier molecular flexibility index (Phi) is 10.2. The van der Waals surface area contributed by atoms with Crippen molar-refractivity contribution in [3.05, 3.63) is 29.8 Å². The summed E-state index contributed by atoms with van der Waals surface area (Å²) < 4.78 is 6.00. The summed E-state index contributed by atoms with van der Waals surface area (Å²) in [6.45, 7) is 7.67. The van der Waals surface area contributed by atoms with Crippen LogP contribution in [0.15, 0.2) is 24.3 Å². The number of fused-ring (bicyclic) bond motifs is 1. The Labute approximate surface area is 235 Å². The maximum absolute atomic E-state index is 13.5. The molecule has 1 spiro atoms. The summed E-state index contributed by atoms with van der Waals surface area (Å²) in [6.07, 6.45) is 14.3. The summed E-state index contributed by atoms with van der Waals surface area (Å²) >= 11 is 0. The molecule has 0 bridgehead atoms. The van der Waals surface area contributed by atoms with E-state index in [4.69, 9.17) is 4.74 Å². The maximum Gasteiger partial charge on any atom is 0.236 e. The van der Waals surface area contributed by atoms with E-state index in [0.717, 1.165) is 89.7 Å². The van der Waals surface area contributed by atoms with E-state index in [1.54, 1.807) is 0 Å². The third-order valence-electron chi connectivity index (χ3n) is 9.80. The molecular formula is C32H50N4O3. The van der Waals surface area contributed by atoms with Crippen molar-refractivity contribution in [1.82, 2.24) is 20.0 Å². The summed E-state index contributed by atoms with van der Waals surface area (Å²) in [5.74, 6) is 1.43. The van der Waals surface area contributed by atoms with Crippen molar-refractivity contribution < 1.29 is 14.3 Å². The lowest BCUT2D eigenvalue weighted by molar-refractivity contribution is -0.138. The van der Waals surface area contributed by atoms with Crippen LogP contribution in [0.4, 0.5) is 0 Å². The van der Waals surface area contributed by atoms with E-state index in [1.165, 1.54) is 44.3 Å². The molecule has 39 heavy (non-hydrogen) atoms. The van der Waals surface area contributed by atoms with Crippen molar-refractivity contribution in [1.29, 1.82) is 0 Å². The monoisotopic (exact) mass is 538 g/mol. The van der Waals surface area contributed by atoms with E-state index >= 15 is 0 Å². The average Bonchev–Trinajstić information content (AvgIpc) is 2.98. The first-order valence-electron chi connectivity index (χ1n) is 15.9. The molecule has 2 amide bonds. The van der Waals surface area contributed by atoms with Crippen LogP contribution in [-0.2, 0) is 16.0 Å². The molecule has 0 radical (unpaired) electrons. The van der Waals surface area contributed by atoms with Crippen molar-refractivity contribution >= 4 is 11.8 Å². The highest BCUT2D eigenvalue weighted by Crippen LogP contribution is 2.38. The molecule has 3 fully saturated rings. The van der Waals surface area contributed by atoms with Gasteiger partial charge in [0, 0.05) is 19.1 Å². The Morgan fingerprint density at radius 1 is 0.897 bits per heavy atom. The molecule has 0 aromatic heterocycles. The van der Waals surface area contributed by atoms with Crippen LogP contribution in [0.3, 0.4) is 0 Å². The molecule has 5 rings (SSSR count). The number of amides is 2. The number of benzene rings is 1. The molecule has 4 heterocycles. The Balaban J connectivity index is 1.12. The van der Waals surface area contributed by atoms with E-state index in [-0.39, 0.29) is 11.3 Å². The van der Waals surface area contributed by atoms with E-state index in [2.05, 4.69) is 32.1 Å². The quantitative estimate of drug-likeness (QED) is 0.607. The number of carbonyl (C=O) groups excluding carboxylic acids is 2. The van der Waals surface area contributed by atoms with Crippen LogP contribution < -0.4 is 10.1 Å². The van der Waals surface area contributed by atoms with Crippen LogP contribution in [0.2, 0.25) is 0 Å². The lowest BCUT2D eigenvalue weighted by Gasteiger charge is -2.42. The van der Waals surface area contributed by atoms with Crippen molar-refractivity contribution in [2.75, 3.05) is 59.0 Å². The average molecular weight is 539 g/mol. The number of nitrogens with one attached hydrogen (secondary N) is 1. The van der Waals surface area contributed by atoms with Gasteiger partial charge in [-0.25, -0.2) is 0 Å². The van der Waals surface area contributed by atoms with Gasteiger partial charge >= 0.3 is 0 Å². The SMILES string of the molecule is O=C(CN1CCC2(CCCCc3ccccc3OCCNC2=O)CC1)N1CCCCC1CCN1CCCCC1. The smallest absolute Gasteiger partial charge is 0.236 e.